The number of carboxylic acid groups (broad SMARTS) is 1. The lowest BCUT2D eigenvalue weighted by molar-refractivity contribution is -0.165. The highest BCUT2D eigenvalue weighted by atomic mass is 16.6. The summed E-state index contributed by atoms with van der Waals surface area (Å²) >= 11 is 0. The van der Waals surface area contributed by atoms with Crippen molar-refractivity contribution in [3.8, 4) is 0 Å². The van der Waals surface area contributed by atoms with Gasteiger partial charge in [-0.3, -0.25) is 0 Å². The Bertz CT molecular complexity index is 423. The fourth-order valence-corrected chi connectivity index (χ4v) is 4.28. The number of carbonyl (C=O) groups excluding carboxylic acids is 1. The van der Waals surface area contributed by atoms with E-state index < -0.39 is 17.5 Å². The molecule has 0 aromatic carbocycles. The Morgan fingerprint density at radius 2 is 1.59 bits per heavy atom. The van der Waals surface area contributed by atoms with Crippen LogP contribution in [-0.2, 0) is 14.3 Å². The highest BCUT2D eigenvalue weighted by molar-refractivity contribution is 5.90. The maximum Gasteiger partial charge on any atom is 0.331 e. The maximum atomic E-state index is 11.9. The van der Waals surface area contributed by atoms with Gasteiger partial charge in [-0.1, -0.05) is 52.9 Å². The SMILES string of the molecule is CC(C)(C)C(C1CCCCC1)C(C)(C)OC(=O)/C=C/C(=O)O. The third-order valence-corrected chi connectivity index (χ3v) is 4.53. The first-order valence-corrected chi connectivity index (χ1v) is 8.18. The monoisotopic (exact) mass is 310 g/mol. The first-order chi connectivity index (χ1) is 10.0. The number of carboxylic acids is 1. The largest absolute Gasteiger partial charge is 0.478 e. The maximum absolute atomic E-state index is 11.9. The average Bonchev–Trinajstić information content (AvgIpc) is 2.35. The van der Waals surface area contributed by atoms with Crippen LogP contribution in [-0.4, -0.2) is 22.6 Å². The standard InChI is InChI=1S/C18H30O4/c1-17(2,3)16(13-9-7-6-8-10-13)18(4,5)22-15(21)12-11-14(19)20/h11-13,16H,6-10H2,1-5H3,(H,19,20)/b12-11+. The summed E-state index contributed by atoms with van der Waals surface area (Å²) in [4.78, 5) is 22.4. The van der Waals surface area contributed by atoms with Gasteiger partial charge in [-0.15, -0.1) is 0 Å². The Morgan fingerprint density at radius 3 is 2.05 bits per heavy atom. The number of hydrogen-bond donors (Lipinski definition) is 1. The normalized spacial score (nSPS) is 19.1. The van der Waals surface area contributed by atoms with Crippen molar-refractivity contribution in [3.05, 3.63) is 12.2 Å². The molecule has 0 amide bonds. The van der Waals surface area contributed by atoms with E-state index in [2.05, 4.69) is 20.8 Å². The molecule has 0 saturated heterocycles. The lowest BCUT2D eigenvalue weighted by Gasteiger charge is -2.47. The van der Waals surface area contributed by atoms with Crippen LogP contribution in [0.5, 0.6) is 0 Å². The molecule has 1 fully saturated rings. The molecule has 1 N–H and O–H groups in total. The smallest absolute Gasteiger partial charge is 0.331 e. The molecule has 22 heavy (non-hydrogen) atoms. The van der Waals surface area contributed by atoms with Crippen LogP contribution >= 0.6 is 0 Å². The number of carbonyl (C=O) groups is 2. The molecule has 0 spiro atoms. The Labute approximate surface area is 133 Å². The van der Waals surface area contributed by atoms with Crippen molar-refractivity contribution >= 4 is 11.9 Å². The molecule has 0 bridgehead atoms. The molecule has 1 saturated carbocycles. The molecule has 4 heteroatoms. The second-order valence-electron chi connectivity index (χ2n) is 7.94. The molecule has 1 unspecified atom stereocenters. The minimum atomic E-state index is -1.14. The van der Waals surface area contributed by atoms with Crippen LogP contribution in [0.2, 0.25) is 0 Å². The minimum absolute atomic E-state index is 0.0162. The minimum Gasteiger partial charge on any atom is -0.478 e. The van der Waals surface area contributed by atoms with Gasteiger partial charge in [0.15, 0.2) is 0 Å². The van der Waals surface area contributed by atoms with Gasteiger partial charge in [0.05, 0.1) is 0 Å². The number of ether oxygens (including phenoxy) is 1. The van der Waals surface area contributed by atoms with E-state index in [1.807, 2.05) is 13.8 Å². The van der Waals surface area contributed by atoms with Crippen LogP contribution in [0, 0.1) is 17.3 Å². The van der Waals surface area contributed by atoms with Crippen LogP contribution in [0.25, 0.3) is 0 Å². The highest BCUT2D eigenvalue weighted by Crippen LogP contribution is 2.46. The van der Waals surface area contributed by atoms with Crippen molar-refractivity contribution in [2.75, 3.05) is 0 Å². The van der Waals surface area contributed by atoms with Gasteiger partial charge < -0.3 is 9.84 Å². The molecule has 0 aliphatic heterocycles. The molecule has 4 nitrogen and oxygen atoms in total. The van der Waals surface area contributed by atoms with Gasteiger partial charge in [0.25, 0.3) is 0 Å². The van der Waals surface area contributed by atoms with Crippen molar-refractivity contribution < 1.29 is 19.4 Å². The van der Waals surface area contributed by atoms with Crippen molar-refractivity contribution in [1.82, 2.24) is 0 Å². The van der Waals surface area contributed by atoms with E-state index in [4.69, 9.17) is 9.84 Å². The van der Waals surface area contributed by atoms with Crippen molar-refractivity contribution in [2.24, 2.45) is 17.3 Å². The van der Waals surface area contributed by atoms with E-state index in [0.717, 1.165) is 12.2 Å². The zero-order valence-corrected chi connectivity index (χ0v) is 14.5. The van der Waals surface area contributed by atoms with Gasteiger partial charge in [-0.2, -0.15) is 0 Å². The second kappa shape index (κ2) is 7.30. The number of aliphatic carboxylic acids is 1. The summed E-state index contributed by atoms with van der Waals surface area (Å²) in [6.07, 6.45) is 7.92. The summed E-state index contributed by atoms with van der Waals surface area (Å²) in [6, 6.07) is 0. The van der Waals surface area contributed by atoms with Gasteiger partial charge >= 0.3 is 11.9 Å². The van der Waals surface area contributed by atoms with Gasteiger partial charge in [-0.25, -0.2) is 9.59 Å². The number of hydrogen-bond acceptors (Lipinski definition) is 3. The summed E-state index contributed by atoms with van der Waals surface area (Å²) in [5.41, 5.74) is -0.609. The summed E-state index contributed by atoms with van der Waals surface area (Å²) in [7, 11) is 0. The van der Waals surface area contributed by atoms with Gasteiger partial charge in [0.2, 0.25) is 0 Å². The summed E-state index contributed by atoms with van der Waals surface area (Å²) in [6.45, 7) is 10.5. The third-order valence-electron chi connectivity index (χ3n) is 4.53. The molecule has 0 radical (unpaired) electrons. The topological polar surface area (TPSA) is 63.6 Å². The molecule has 1 atom stereocenters. The van der Waals surface area contributed by atoms with E-state index >= 15 is 0 Å². The quantitative estimate of drug-likeness (QED) is 0.611. The van der Waals surface area contributed by atoms with Crippen LogP contribution in [0.4, 0.5) is 0 Å². The molecule has 126 valence electrons. The Hall–Kier alpha value is -1.32. The summed E-state index contributed by atoms with van der Waals surface area (Å²) < 4.78 is 5.64. The Morgan fingerprint density at radius 1 is 1.05 bits per heavy atom. The third kappa shape index (κ3) is 5.47. The fraction of sp³-hybridized carbons (Fsp3) is 0.778. The first-order valence-electron chi connectivity index (χ1n) is 8.18. The summed E-state index contributed by atoms with van der Waals surface area (Å²) in [5, 5.41) is 8.61. The lowest BCUT2D eigenvalue weighted by atomic mass is 9.62. The Balaban J connectivity index is 2.91. The van der Waals surface area contributed by atoms with E-state index in [1.165, 1.54) is 32.1 Å². The number of esters is 1. The molecule has 1 aliphatic carbocycles. The van der Waals surface area contributed by atoms with Gasteiger partial charge in [0.1, 0.15) is 5.60 Å². The van der Waals surface area contributed by atoms with Crippen LogP contribution in [0.15, 0.2) is 12.2 Å². The van der Waals surface area contributed by atoms with Crippen molar-refractivity contribution in [1.29, 1.82) is 0 Å². The predicted molar refractivity (Wildman–Crippen MR) is 86.5 cm³/mol. The van der Waals surface area contributed by atoms with Crippen molar-refractivity contribution in [3.63, 3.8) is 0 Å². The number of rotatable bonds is 5. The van der Waals surface area contributed by atoms with Crippen molar-refractivity contribution in [2.45, 2.75) is 72.3 Å². The lowest BCUT2D eigenvalue weighted by Crippen LogP contribution is -2.47. The molecule has 0 heterocycles. The van der Waals surface area contributed by atoms with E-state index in [0.29, 0.717) is 5.92 Å². The second-order valence-corrected chi connectivity index (χ2v) is 7.94. The van der Waals surface area contributed by atoms with Gasteiger partial charge in [0, 0.05) is 18.1 Å². The molecule has 0 aromatic heterocycles. The van der Waals surface area contributed by atoms with E-state index in [1.54, 1.807) is 0 Å². The first kappa shape index (κ1) is 18.7. The van der Waals surface area contributed by atoms with E-state index in [-0.39, 0.29) is 11.3 Å². The fourth-order valence-electron chi connectivity index (χ4n) is 4.28. The highest BCUT2D eigenvalue weighted by Gasteiger charge is 2.45. The van der Waals surface area contributed by atoms with Gasteiger partial charge in [-0.05, 0) is 25.2 Å². The zero-order valence-electron chi connectivity index (χ0n) is 14.5. The molecule has 1 aliphatic rings. The summed E-state index contributed by atoms with van der Waals surface area (Å²) in [5.74, 6) is -0.950. The van der Waals surface area contributed by atoms with E-state index in [9.17, 15) is 9.59 Å². The zero-order chi connectivity index (χ0) is 17.0. The molecular formula is C18H30O4. The molecule has 1 rings (SSSR count). The van der Waals surface area contributed by atoms with Crippen LogP contribution in [0.1, 0.15) is 66.7 Å². The van der Waals surface area contributed by atoms with Crippen LogP contribution < -0.4 is 0 Å². The predicted octanol–water partition coefficient (Wildman–Crippen LogP) is 4.19. The molecular weight excluding hydrogens is 280 g/mol. The molecule has 0 aromatic rings. The Kier molecular flexibility index (Phi) is 6.21. The van der Waals surface area contributed by atoms with Crippen LogP contribution in [0.3, 0.4) is 0 Å². The average molecular weight is 310 g/mol.